The third-order valence-corrected chi connectivity index (χ3v) is 1.60. The SMILES string of the molecule is O=C(O)c1cc(OCCO)cc(C(=O)O)n1. The van der Waals surface area contributed by atoms with Crippen LogP contribution in [-0.2, 0) is 0 Å². The second-order valence-electron chi connectivity index (χ2n) is 2.76. The molecule has 1 aromatic heterocycles. The minimum absolute atomic E-state index is 0.0406. The summed E-state index contributed by atoms with van der Waals surface area (Å²) in [6.45, 7) is -0.310. The summed E-state index contributed by atoms with van der Waals surface area (Å²) in [7, 11) is 0. The van der Waals surface area contributed by atoms with E-state index in [9.17, 15) is 9.59 Å². The average molecular weight is 227 g/mol. The molecule has 0 amide bonds. The minimum Gasteiger partial charge on any atom is -0.491 e. The molecule has 3 N–H and O–H groups in total. The Morgan fingerprint density at radius 1 is 1.19 bits per heavy atom. The lowest BCUT2D eigenvalue weighted by Crippen LogP contribution is -2.09. The molecule has 1 aromatic rings. The number of pyridine rings is 1. The molecule has 86 valence electrons. The summed E-state index contributed by atoms with van der Waals surface area (Å²) < 4.78 is 4.92. The van der Waals surface area contributed by atoms with Crippen molar-refractivity contribution in [3.8, 4) is 5.75 Å². The van der Waals surface area contributed by atoms with Gasteiger partial charge in [0, 0.05) is 12.1 Å². The number of carbonyl (C=O) groups is 2. The van der Waals surface area contributed by atoms with Gasteiger partial charge in [0.1, 0.15) is 12.4 Å². The van der Waals surface area contributed by atoms with Crippen LogP contribution in [0.25, 0.3) is 0 Å². The average Bonchev–Trinajstić information content (AvgIpc) is 2.25. The molecule has 0 fully saturated rings. The largest absolute Gasteiger partial charge is 0.491 e. The lowest BCUT2D eigenvalue weighted by Gasteiger charge is -2.05. The Kier molecular flexibility index (Phi) is 3.78. The van der Waals surface area contributed by atoms with Gasteiger partial charge in [-0.15, -0.1) is 0 Å². The number of aliphatic hydroxyl groups excluding tert-OH is 1. The van der Waals surface area contributed by atoms with E-state index in [0.717, 1.165) is 12.1 Å². The Balaban J connectivity index is 3.08. The molecular weight excluding hydrogens is 218 g/mol. The number of rotatable bonds is 5. The highest BCUT2D eigenvalue weighted by Crippen LogP contribution is 2.14. The van der Waals surface area contributed by atoms with E-state index in [2.05, 4.69) is 4.98 Å². The normalized spacial score (nSPS) is 9.81. The van der Waals surface area contributed by atoms with Crippen LogP contribution in [0, 0.1) is 0 Å². The monoisotopic (exact) mass is 227 g/mol. The number of aliphatic hydroxyl groups is 1. The van der Waals surface area contributed by atoms with Gasteiger partial charge in [-0.2, -0.15) is 0 Å². The third kappa shape index (κ3) is 2.92. The van der Waals surface area contributed by atoms with Crippen LogP contribution in [0.3, 0.4) is 0 Å². The van der Waals surface area contributed by atoms with Crippen LogP contribution in [0.4, 0.5) is 0 Å². The molecule has 1 rings (SSSR count). The fourth-order valence-corrected chi connectivity index (χ4v) is 0.971. The highest BCUT2D eigenvalue weighted by Gasteiger charge is 2.13. The molecule has 16 heavy (non-hydrogen) atoms. The van der Waals surface area contributed by atoms with Crippen molar-refractivity contribution in [2.45, 2.75) is 0 Å². The second-order valence-corrected chi connectivity index (χ2v) is 2.76. The molecule has 0 radical (unpaired) electrons. The number of carboxylic acids is 2. The Bertz CT molecular complexity index is 384. The molecule has 7 heteroatoms. The standard InChI is InChI=1S/C9H9NO6/c11-1-2-16-5-3-6(8(12)13)10-7(4-5)9(14)15/h3-4,11H,1-2H2,(H,12,13)(H,14,15). The lowest BCUT2D eigenvalue weighted by molar-refractivity contribution is 0.0683. The summed E-state index contributed by atoms with van der Waals surface area (Å²) in [5.41, 5.74) is -0.847. The molecular formula is C9H9NO6. The van der Waals surface area contributed by atoms with Gasteiger partial charge in [0.05, 0.1) is 6.61 Å². The molecule has 0 atom stereocenters. The zero-order chi connectivity index (χ0) is 12.1. The predicted octanol–water partition coefficient (Wildman–Crippen LogP) is -0.151. The zero-order valence-electron chi connectivity index (χ0n) is 8.08. The van der Waals surface area contributed by atoms with Crippen LogP contribution < -0.4 is 4.74 Å². The van der Waals surface area contributed by atoms with E-state index >= 15 is 0 Å². The number of hydrogen-bond donors (Lipinski definition) is 3. The maximum absolute atomic E-state index is 10.6. The molecule has 0 aliphatic rings. The van der Waals surface area contributed by atoms with Crippen molar-refractivity contribution in [2.24, 2.45) is 0 Å². The van der Waals surface area contributed by atoms with Gasteiger partial charge in [0.25, 0.3) is 0 Å². The van der Waals surface area contributed by atoms with E-state index in [-0.39, 0.29) is 19.0 Å². The van der Waals surface area contributed by atoms with E-state index in [1.54, 1.807) is 0 Å². The molecule has 0 aromatic carbocycles. The van der Waals surface area contributed by atoms with Crippen LogP contribution in [0.2, 0.25) is 0 Å². The Morgan fingerprint density at radius 2 is 1.69 bits per heavy atom. The van der Waals surface area contributed by atoms with E-state index in [0.29, 0.717) is 0 Å². The van der Waals surface area contributed by atoms with Crippen LogP contribution in [0.5, 0.6) is 5.75 Å². The van der Waals surface area contributed by atoms with Gasteiger partial charge in [0.2, 0.25) is 0 Å². The first-order valence-electron chi connectivity index (χ1n) is 4.27. The topological polar surface area (TPSA) is 117 Å². The van der Waals surface area contributed by atoms with Gasteiger partial charge >= 0.3 is 11.9 Å². The first-order chi connectivity index (χ1) is 7.54. The van der Waals surface area contributed by atoms with Crippen molar-refractivity contribution in [2.75, 3.05) is 13.2 Å². The van der Waals surface area contributed by atoms with Crippen LogP contribution in [0.15, 0.2) is 12.1 Å². The summed E-state index contributed by atoms with van der Waals surface area (Å²) in [6.07, 6.45) is 0. The van der Waals surface area contributed by atoms with E-state index in [4.69, 9.17) is 20.1 Å². The molecule has 0 bridgehead atoms. The predicted molar refractivity (Wildman–Crippen MR) is 50.7 cm³/mol. The van der Waals surface area contributed by atoms with E-state index < -0.39 is 23.3 Å². The molecule has 0 aliphatic carbocycles. The molecule has 0 spiro atoms. The Morgan fingerprint density at radius 3 is 2.06 bits per heavy atom. The smallest absolute Gasteiger partial charge is 0.354 e. The molecule has 0 aliphatic heterocycles. The Hall–Kier alpha value is -2.15. The number of nitrogens with zero attached hydrogens (tertiary/aromatic N) is 1. The van der Waals surface area contributed by atoms with Crippen LogP contribution in [0.1, 0.15) is 21.0 Å². The minimum atomic E-state index is -1.35. The number of aromatic carboxylic acids is 2. The van der Waals surface area contributed by atoms with Gasteiger partial charge < -0.3 is 20.1 Å². The maximum Gasteiger partial charge on any atom is 0.354 e. The second kappa shape index (κ2) is 5.08. The zero-order valence-corrected chi connectivity index (χ0v) is 8.08. The third-order valence-electron chi connectivity index (χ3n) is 1.60. The van der Waals surface area contributed by atoms with Crippen molar-refractivity contribution in [1.29, 1.82) is 0 Å². The fourth-order valence-electron chi connectivity index (χ4n) is 0.971. The lowest BCUT2D eigenvalue weighted by atomic mass is 10.3. The summed E-state index contributed by atoms with van der Waals surface area (Å²) in [5, 5.41) is 25.9. The quantitative estimate of drug-likeness (QED) is 0.640. The van der Waals surface area contributed by atoms with Gasteiger partial charge in [-0.1, -0.05) is 0 Å². The number of aromatic nitrogens is 1. The Labute approximate surface area is 89.9 Å². The first-order valence-corrected chi connectivity index (χ1v) is 4.27. The molecule has 0 saturated heterocycles. The van der Waals surface area contributed by atoms with Crippen molar-refractivity contribution >= 4 is 11.9 Å². The van der Waals surface area contributed by atoms with Gasteiger partial charge in [-0.3, -0.25) is 0 Å². The number of carboxylic acid groups (broad SMARTS) is 2. The fraction of sp³-hybridized carbons (Fsp3) is 0.222. The molecule has 1 heterocycles. The van der Waals surface area contributed by atoms with Crippen molar-refractivity contribution in [3.05, 3.63) is 23.5 Å². The highest BCUT2D eigenvalue weighted by molar-refractivity contribution is 5.90. The number of ether oxygens (including phenoxy) is 1. The molecule has 7 nitrogen and oxygen atoms in total. The van der Waals surface area contributed by atoms with Crippen LogP contribution in [-0.4, -0.2) is 45.5 Å². The highest BCUT2D eigenvalue weighted by atomic mass is 16.5. The van der Waals surface area contributed by atoms with E-state index in [1.807, 2.05) is 0 Å². The molecule has 0 unspecified atom stereocenters. The number of hydrogen-bond acceptors (Lipinski definition) is 5. The van der Waals surface area contributed by atoms with Crippen molar-refractivity contribution in [3.63, 3.8) is 0 Å². The van der Waals surface area contributed by atoms with Gasteiger partial charge in [-0.05, 0) is 0 Å². The van der Waals surface area contributed by atoms with Gasteiger partial charge in [0.15, 0.2) is 11.4 Å². The maximum atomic E-state index is 10.6. The van der Waals surface area contributed by atoms with E-state index in [1.165, 1.54) is 0 Å². The van der Waals surface area contributed by atoms with Crippen LogP contribution >= 0.6 is 0 Å². The first kappa shape index (κ1) is 11.9. The molecule has 0 saturated carbocycles. The summed E-state index contributed by atoms with van der Waals surface area (Å²) in [4.78, 5) is 24.7. The summed E-state index contributed by atoms with van der Waals surface area (Å²) >= 11 is 0. The summed E-state index contributed by atoms with van der Waals surface area (Å²) in [6, 6.07) is 2.18. The van der Waals surface area contributed by atoms with Crippen molar-refractivity contribution in [1.82, 2.24) is 4.98 Å². The van der Waals surface area contributed by atoms with Gasteiger partial charge in [-0.25, -0.2) is 14.6 Å². The van der Waals surface area contributed by atoms with Crippen molar-refractivity contribution < 1.29 is 29.6 Å². The summed E-state index contributed by atoms with van der Waals surface area (Å²) in [5.74, 6) is -2.66.